The summed E-state index contributed by atoms with van der Waals surface area (Å²) in [5.41, 5.74) is 4.32. The van der Waals surface area contributed by atoms with Gasteiger partial charge >= 0.3 is 0 Å². The molecule has 188 valence electrons. The van der Waals surface area contributed by atoms with E-state index in [1.54, 1.807) is 48.5 Å². The third-order valence-corrected chi connectivity index (χ3v) is 6.00. The fourth-order valence-corrected chi connectivity index (χ4v) is 3.76. The van der Waals surface area contributed by atoms with E-state index in [1.807, 2.05) is 32.0 Å². The van der Waals surface area contributed by atoms with Gasteiger partial charge < -0.3 is 15.4 Å². The van der Waals surface area contributed by atoms with Crippen LogP contribution in [-0.2, 0) is 0 Å². The number of ether oxygens (including phenoxy) is 1. The Hall–Kier alpha value is -3.71. The molecule has 0 aliphatic heterocycles. The van der Waals surface area contributed by atoms with Crippen LogP contribution in [0.25, 0.3) is 0 Å². The average molecular weight is 504 g/mol. The highest BCUT2D eigenvalue weighted by atomic mass is 32.1. The summed E-state index contributed by atoms with van der Waals surface area (Å²) in [6, 6.07) is 19.7. The van der Waals surface area contributed by atoms with Crippen molar-refractivity contribution in [2.45, 2.75) is 46.5 Å². The van der Waals surface area contributed by atoms with Crippen LogP contribution < -0.4 is 20.7 Å². The molecule has 0 aliphatic carbocycles. The van der Waals surface area contributed by atoms with Crippen LogP contribution in [0.2, 0.25) is 0 Å². The lowest BCUT2D eigenvalue weighted by atomic mass is 10.1. The maximum atomic E-state index is 12.9. The van der Waals surface area contributed by atoms with Gasteiger partial charge in [-0.05, 0) is 92.1 Å². The minimum Gasteiger partial charge on any atom is -0.494 e. The van der Waals surface area contributed by atoms with Gasteiger partial charge in [-0.1, -0.05) is 44.4 Å². The zero-order valence-corrected chi connectivity index (χ0v) is 21.8. The Bertz CT molecular complexity index is 1210. The number of nitrogens with one attached hydrogen (secondary N) is 3. The molecular formula is C29H33N3O3S. The average Bonchev–Trinajstić information content (AvgIpc) is 2.86. The van der Waals surface area contributed by atoms with E-state index in [9.17, 15) is 9.59 Å². The van der Waals surface area contributed by atoms with Crippen molar-refractivity contribution in [3.63, 3.8) is 0 Å². The Morgan fingerprint density at radius 1 is 0.833 bits per heavy atom. The van der Waals surface area contributed by atoms with Gasteiger partial charge in [0.05, 0.1) is 17.9 Å². The van der Waals surface area contributed by atoms with Crippen molar-refractivity contribution in [3.8, 4) is 5.75 Å². The molecule has 0 atom stereocenters. The fourth-order valence-electron chi connectivity index (χ4n) is 3.56. The molecule has 6 nitrogen and oxygen atoms in total. The lowest BCUT2D eigenvalue weighted by molar-refractivity contribution is 0.0976. The van der Waals surface area contributed by atoms with Crippen molar-refractivity contribution in [1.29, 1.82) is 0 Å². The molecule has 0 heterocycles. The maximum absolute atomic E-state index is 12.9. The molecule has 3 rings (SSSR count). The molecule has 3 aromatic carbocycles. The predicted molar refractivity (Wildman–Crippen MR) is 150 cm³/mol. The Kier molecular flexibility index (Phi) is 10.0. The summed E-state index contributed by atoms with van der Waals surface area (Å²) >= 11 is 5.34. The number of anilines is 2. The van der Waals surface area contributed by atoms with Crippen LogP contribution in [0.1, 0.15) is 64.4 Å². The van der Waals surface area contributed by atoms with Gasteiger partial charge in [0.1, 0.15) is 5.75 Å². The van der Waals surface area contributed by atoms with Crippen molar-refractivity contribution >= 4 is 40.5 Å². The normalized spacial score (nSPS) is 10.4. The van der Waals surface area contributed by atoms with E-state index >= 15 is 0 Å². The summed E-state index contributed by atoms with van der Waals surface area (Å²) < 4.78 is 5.73. The third kappa shape index (κ3) is 7.92. The van der Waals surface area contributed by atoms with E-state index in [1.165, 1.54) is 12.8 Å². The van der Waals surface area contributed by atoms with Crippen LogP contribution in [0.5, 0.6) is 5.75 Å². The van der Waals surface area contributed by atoms with Crippen molar-refractivity contribution in [3.05, 3.63) is 89.0 Å². The number of benzene rings is 3. The van der Waals surface area contributed by atoms with Crippen molar-refractivity contribution in [1.82, 2.24) is 5.32 Å². The quantitative estimate of drug-likeness (QED) is 0.213. The molecule has 3 aromatic rings. The monoisotopic (exact) mass is 503 g/mol. The first-order chi connectivity index (χ1) is 17.4. The molecule has 0 bridgehead atoms. The van der Waals surface area contributed by atoms with Crippen LogP contribution in [0, 0.1) is 13.8 Å². The number of hydrogen-bond donors (Lipinski definition) is 3. The largest absolute Gasteiger partial charge is 0.494 e. The number of amides is 2. The van der Waals surface area contributed by atoms with E-state index in [-0.39, 0.29) is 16.9 Å². The van der Waals surface area contributed by atoms with Gasteiger partial charge in [0.2, 0.25) is 0 Å². The van der Waals surface area contributed by atoms with Crippen LogP contribution in [0.4, 0.5) is 11.4 Å². The zero-order valence-electron chi connectivity index (χ0n) is 21.0. The van der Waals surface area contributed by atoms with E-state index in [0.29, 0.717) is 29.1 Å². The minimum absolute atomic E-state index is 0.0997. The summed E-state index contributed by atoms with van der Waals surface area (Å²) in [4.78, 5) is 25.6. The molecule has 0 fully saturated rings. The lowest BCUT2D eigenvalue weighted by Crippen LogP contribution is -2.34. The van der Waals surface area contributed by atoms with Gasteiger partial charge in [0.15, 0.2) is 5.11 Å². The van der Waals surface area contributed by atoms with E-state index in [0.717, 1.165) is 29.7 Å². The molecule has 0 spiro atoms. The molecule has 0 aromatic heterocycles. The molecule has 0 aliphatic rings. The Labute approximate surface area is 218 Å². The number of aryl methyl sites for hydroxylation is 2. The summed E-state index contributed by atoms with van der Waals surface area (Å²) in [6.07, 6.45) is 4.56. The lowest BCUT2D eigenvalue weighted by Gasteiger charge is -2.14. The molecule has 7 heteroatoms. The number of carbonyl (C=O) groups is 2. The van der Waals surface area contributed by atoms with Gasteiger partial charge in [0, 0.05) is 11.3 Å². The van der Waals surface area contributed by atoms with Gasteiger partial charge in [0.25, 0.3) is 11.8 Å². The van der Waals surface area contributed by atoms with Gasteiger partial charge in [-0.3, -0.25) is 14.9 Å². The first-order valence-corrected chi connectivity index (χ1v) is 12.6. The third-order valence-electron chi connectivity index (χ3n) is 5.79. The second kappa shape index (κ2) is 13.4. The van der Waals surface area contributed by atoms with Gasteiger partial charge in [-0.2, -0.15) is 0 Å². The zero-order chi connectivity index (χ0) is 25.9. The molecule has 36 heavy (non-hydrogen) atoms. The highest BCUT2D eigenvalue weighted by Gasteiger charge is 2.14. The van der Waals surface area contributed by atoms with Crippen LogP contribution in [0.15, 0.2) is 66.7 Å². The van der Waals surface area contributed by atoms with Crippen molar-refractivity contribution in [2.24, 2.45) is 0 Å². The summed E-state index contributed by atoms with van der Waals surface area (Å²) in [6.45, 7) is 6.86. The van der Waals surface area contributed by atoms with E-state index in [2.05, 4.69) is 22.9 Å². The maximum Gasteiger partial charge on any atom is 0.257 e. The Morgan fingerprint density at radius 2 is 1.58 bits per heavy atom. The fraction of sp³-hybridized carbons (Fsp3) is 0.276. The van der Waals surface area contributed by atoms with Crippen molar-refractivity contribution in [2.75, 3.05) is 17.2 Å². The minimum atomic E-state index is -0.348. The second-order valence-electron chi connectivity index (χ2n) is 8.64. The molecule has 0 radical (unpaired) electrons. The second-order valence-corrected chi connectivity index (χ2v) is 9.05. The number of unbranched alkanes of at least 4 members (excludes halogenated alkanes) is 3. The van der Waals surface area contributed by atoms with E-state index in [4.69, 9.17) is 17.0 Å². The number of hydrogen-bond acceptors (Lipinski definition) is 4. The predicted octanol–water partition coefficient (Wildman–Crippen LogP) is 6.64. The molecule has 0 unspecified atom stereocenters. The smallest absolute Gasteiger partial charge is 0.257 e. The number of carbonyl (C=O) groups excluding carboxylic acids is 2. The molecule has 2 amide bonds. The number of rotatable bonds is 10. The SMILES string of the molecule is CCCCCCOc1ccc(C(=O)NC(=S)Nc2ccccc2C(=O)Nc2ccc(C)c(C)c2)cc1. The highest BCUT2D eigenvalue weighted by Crippen LogP contribution is 2.20. The van der Waals surface area contributed by atoms with Gasteiger partial charge in [-0.25, -0.2) is 0 Å². The summed E-state index contributed by atoms with van der Waals surface area (Å²) in [7, 11) is 0. The van der Waals surface area contributed by atoms with Crippen LogP contribution in [-0.4, -0.2) is 23.5 Å². The topological polar surface area (TPSA) is 79.5 Å². The molecular weight excluding hydrogens is 470 g/mol. The highest BCUT2D eigenvalue weighted by molar-refractivity contribution is 7.80. The number of thiocarbonyl (C=S) groups is 1. The summed E-state index contributed by atoms with van der Waals surface area (Å²) in [5, 5.41) is 8.65. The first kappa shape index (κ1) is 26.9. The van der Waals surface area contributed by atoms with E-state index < -0.39 is 0 Å². The van der Waals surface area contributed by atoms with Crippen LogP contribution in [0.3, 0.4) is 0 Å². The first-order valence-electron chi connectivity index (χ1n) is 12.2. The standard InChI is InChI=1S/C29H33N3O3S/c1-4-5-6-9-18-35-24-16-13-22(14-17-24)27(33)32-29(36)31-26-11-8-7-10-25(26)28(34)30-23-15-12-20(2)21(3)19-23/h7-8,10-17,19H,4-6,9,18H2,1-3H3,(H,30,34)(H2,31,32,33,36). The van der Waals surface area contributed by atoms with Crippen molar-refractivity contribution < 1.29 is 14.3 Å². The van der Waals surface area contributed by atoms with Gasteiger partial charge in [-0.15, -0.1) is 0 Å². The summed E-state index contributed by atoms with van der Waals surface area (Å²) in [5.74, 6) is 0.104. The number of para-hydroxylation sites is 1. The van der Waals surface area contributed by atoms with Crippen LogP contribution >= 0.6 is 12.2 Å². The Morgan fingerprint density at radius 3 is 2.31 bits per heavy atom. The Balaban J connectivity index is 1.56. The molecule has 3 N–H and O–H groups in total. The molecule has 0 saturated carbocycles. The molecule has 0 saturated heterocycles.